The van der Waals surface area contributed by atoms with Gasteiger partial charge in [0.1, 0.15) is 0 Å². The van der Waals surface area contributed by atoms with Gasteiger partial charge in [0, 0.05) is 26.7 Å². The molecule has 1 atom stereocenters. The van der Waals surface area contributed by atoms with Crippen molar-refractivity contribution >= 4 is 6.41 Å². The highest BCUT2D eigenvalue weighted by Crippen LogP contribution is 1.96. The van der Waals surface area contributed by atoms with Gasteiger partial charge >= 0.3 is 0 Å². The first kappa shape index (κ1) is 9.44. The number of nitrogens with zero attached hydrogens (tertiary/aromatic N) is 1. The molecular weight excluding hydrogens is 158 g/mol. The Balaban J connectivity index is 2.12. The normalized spacial score (nSPS) is 24.2. The number of hydrazine groups is 1. The van der Waals surface area contributed by atoms with E-state index in [2.05, 4.69) is 10.7 Å². The molecule has 2 N–H and O–H groups in total. The molecule has 5 nitrogen and oxygen atoms in total. The first-order valence-corrected chi connectivity index (χ1v) is 4.04. The molecule has 1 rings (SSSR count). The molecule has 0 aromatic carbocycles. The number of hydrogen-bond donors (Lipinski definition) is 2. The minimum absolute atomic E-state index is 0.236. The van der Waals surface area contributed by atoms with Crippen LogP contribution >= 0.6 is 0 Å². The maximum absolute atomic E-state index is 10.1. The number of carbonyl (C=O) groups is 1. The monoisotopic (exact) mass is 173 g/mol. The van der Waals surface area contributed by atoms with E-state index in [0.29, 0.717) is 6.61 Å². The molecule has 0 aliphatic carbocycles. The highest BCUT2D eigenvalue weighted by atomic mass is 16.5. The number of ether oxygens (including phenoxy) is 1. The van der Waals surface area contributed by atoms with E-state index < -0.39 is 0 Å². The van der Waals surface area contributed by atoms with Gasteiger partial charge in [-0.05, 0) is 0 Å². The fourth-order valence-electron chi connectivity index (χ4n) is 1.21. The van der Waals surface area contributed by atoms with Gasteiger partial charge in [-0.3, -0.25) is 10.2 Å². The van der Waals surface area contributed by atoms with Gasteiger partial charge in [-0.15, -0.1) is 0 Å². The summed E-state index contributed by atoms with van der Waals surface area (Å²) in [5, 5.41) is 4.77. The van der Waals surface area contributed by atoms with E-state index in [9.17, 15) is 4.79 Å². The van der Waals surface area contributed by atoms with Crippen molar-refractivity contribution in [2.24, 2.45) is 0 Å². The lowest BCUT2D eigenvalue weighted by molar-refractivity contribution is -0.110. The number of nitrogens with one attached hydrogen (secondary N) is 2. The van der Waals surface area contributed by atoms with Crippen molar-refractivity contribution < 1.29 is 9.53 Å². The Labute approximate surface area is 72.0 Å². The molecule has 0 saturated carbocycles. The highest BCUT2D eigenvalue weighted by molar-refractivity contribution is 5.46. The van der Waals surface area contributed by atoms with Crippen LogP contribution in [0.3, 0.4) is 0 Å². The van der Waals surface area contributed by atoms with Gasteiger partial charge in [0.15, 0.2) is 0 Å². The van der Waals surface area contributed by atoms with Gasteiger partial charge in [-0.1, -0.05) is 0 Å². The summed E-state index contributed by atoms with van der Waals surface area (Å²) in [7, 11) is 1.68. The lowest BCUT2D eigenvalue weighted by Crippen LogP contribution is -2.34. The first-order valence-electron chi connectivity index (χ1n) is 4.04. The third-order valence-electron chi connectivity index (χ3n) is 1.87. The zero-order valence-electron chi connectivity index (χ0n) is 7.25. The summed E-state index contributed by atoms with van der Waals surface area (Å²) in [6.07, 6.45) is 0.742. The summed E-state index contributed by atoms with van der Waals surface area (Å²) in [4.78, 5) is 10.1. The van der Waals surface area contributed by atoms with Crippen molar-refractivity contribution in [2.45, 2.75) is 6.04 Å². The number of rotatable bonds is 5. The van der Waals surface area contributed by atoms with Crippen LogP contribution in [0, 0.1) is 0 Å². The van der Waals surface area contributed by atoms with Gasteiger partial charge in [-0.25, -0.2) is 5.01 Å². The largest absolute Gasteiger partial charge is 0.383 e. The third kappa shape index (κ3) is 2.77. The molecule has 70 valence electrons. The smallest absolute Gasteiger partial charge is 0.207 e. The van der Waals surface area contributed by atoms with Crippen LogP contribution in [0.5, 0.6) is 0 Å². The fraction of sp³-hybridized carbons (Fsp3) is 0.857. The quantitative estimate of drug-likeness (QED) is 0.500. The van der Waals surface area contributed by atoms with Gasteiger partial charge in [-0.2, -0.15) is 0 Å². The third-order valence-corrected chi connectivity index (χ3v) is 1.87. The summed E-state index contributed by atoms with van der Waals surface area (Å²) in [6.45, 7) is 3.22. The summed E-state index contributed by atoms with van der Waals surface area (Å²) in [6, 6.07) is 0.236. The van der Waals surface area contributed by atoms with E-state index in [1.165, 1.54) is 0 Å². The number of methoxy groups -OCH3 is 1. The van der Waals surface area contributed by atoms with Crippen LogP contribution in [0.15, 0.2) is 0 Å². The molecule has 0 unspecified atom stereocenters. The molecule has 0 spiro atoms. The Kier molecular flexibility index (Phi) is 3.99. The second kappa shape index (κ2) is 5.08. The summed E-state index contributed by atoms with van der Waals surface area (Å²) < 4.78 is 4.93. The van der Waals surface area contributed by atoms with Gasteiger partial charge in [0.2, 0.25) is 6.41 Å². The van der Waals surface area contributed by atoms with E-state index in [-0.39, 0.29) is 6.04 Å². The predicted octanol–water partition coefficient (Wildman–Crippen LogP) is -1.43. The lowest BCUT2D eigenvalue weighted by atomic mass is 10.3. The molecule has 1 heterocycles. The molecule has 1 amide bonds. The Morgan fingerprint density at radius 3 is 3.33 bits per heavy atom. The number of amides is 1. The fourth-order valence-corrected chi connectivity index (χ4v) is 1.21. The predicted molar refractivity (Wildman–Crippen MR) is 44.4 cm³/mol. The minimum Gasteiger partial charge on any atom is -0.383 e. The summed E-state index contributed by atoms with van der Waals surface area (Å²) in [5.74, 6) is 0. The summed E-state index contributed by atoms with van der Waals surface area (Å²) >= 11 is 0. The molecule has 1 aliphatic rings. The second-order valence-corrected chi connectivity index (χ2v) is 2.78. The second-order valence-electron chi connectivity index (χ2n) is 2.78. The molecule has 0 aromatic rings. The standard InChI is InChI=1S/C7H15N3O2/c1-12-3-2-10-5-7(4-9-10)8-6-11/h6-7,9H,2-5H2,1H3,(H,8,11)/t7-/m0/s1. The average molecular weight is 173 g/mol. The Morgan fingerprint density at radius 2 is 2.67 bits per heavy atom. The molecule has 0 radical (unpaired) electrons. The van der Waals surface area contributed by atoms with Crippen molar-refractivity contribution in [3.8, 4) is 0 Å². The maximum Gasteiger partial charge on any atom is 0.207 e. The van der Waals surface area contributed by atoms with Crippen molar-refractivity contribution in [1.29, 1.82) is 0 Å². The van der Waals surface area contributed by atoms with Crippen molar-refractivity contribution in [2.75, 3.05) is 33.4 Å². The Hall–Kier alpha value is -0.650. The van der Waals surface area contributed by atoms with Gasteiger partial charge in [0.25, 0.3) is 0 Å². The molecule has 1 saturated heterocycles. The zero-order valence-corrected chi connectivity index (χ0v) is 7.25. The van der Waals surface area contributed by atoms with Gasteiger partial charge < -0.3 is 10.1 Å². The molecular formula is C7H15N3O2. The zero-order chi connectivity index (χ0) is 8.81. The van der Waals surface area contributed by atoms with Crippen molar-refractivity contribution in [3.63, 3.8) is 0 Å². The maximum atomic E-state index is 10.1. The Bertz CT molecular complexity index is 143. The highest BCUT2D eigenvalue weighted by Gasteiger charge is 2.20. The number of carbonyl (C=O) groups excluding carboxylic acids is 1. The molecule has 1 fully saturated rings. The molecule has 12 heavy (non-hydrogen) atoms. The summed E-state index contributed by atoms with van der Waals surface area (Å²) in [5.41, 5.74) is 3.16. The van der Waals surface area contributed by atoms with Crippen LogP contribution in [0.2, 0.25) is 0 Å². The molecule has 1 aliphatic heterocycles. The van der Waals surface area contributed by atoms with Crippen molar-refractivity contribution in [1.82, 2.24) is 15.8 Å². The van der Waals surface area contributed by atoms with Crippen LogP contribution in [-0.4, -0.2) is 50.8 Å². The van der Waals surface area contributed by atoms with Crippen LogP contribution < -0.4 is 10.7 Å². The molecule has 0 aromatic heterocycles. The lowest BCUT2D eigenvalue weighted by Gasteiger charge is -2.14. The Morgan fingerprint density at radius 1 is 1.83 bits per heavy atom. The van der Waals surface area contributed by atoms with Crippen LogP contribution in [0.25, 0.3) is 0 Å². The average Bonchev–Trinajstić information content (AvgIpc) is 2.50. The molecule has 5 heteroatoms. The van der Waals surface area contributed by atoms with Crippen LogP contribution in [0.1, 0.15) is 0 Å². The minimum atomic E-state index is 0.236. The van der Waals surface area contributed by atoms with E-state index in [1.807, 2.05) is 5.01 Å². The van der Waals surface area contributed by atoms with Crippen LogP contribution in [-0.2, 0) is 9.53 Å². The SMILES string of the molecule is COCCN1C[C@@H](NC=O)CN1. The van der Waals surface area contributed by atoms with E-state index >= 15 is 0 Å². The molecule has 0 bridgehead atoms. The number of hydrogen-bond acceptors (Lipinski definition) is 4. The topological polar surface area (TPSA) is 53.6 Å². The van der Waals surface area contributed by atoms with Crippen molar-refractivity contribution in [3.05, 3.63) is 0 Å². The van der Waals surface area contributed by atoms with Gasteiger partial charge in [0.05, 0.1) is 12.6 Å². The van der Waals surface area contributed by atoms with E-state index in [4.69, 9.17) is 4.74 Å². The first-order chi connectivity index (χ1) is 5.86. The van der Waals surface area contributed by atoms with Crippen LogP contribution in [0.4, 0.5) is 0 Å². The van der Waals surface area contributed by atoms with E-state index in [0.717, 1.165) is 26.0 Å². The van der Waals surface area contributed by atoms with E-state index in [1.54, 1.807) is 7.11 Å².